The highest BCUT2D eigenvalue weighted by Gasteiger charge is 2.39. The van der Waals surface area contributed by atoms with E-state index in [4.69, 9.17) is 22.1 Å². The van der Waals surface area contributed by atoms with E-state index in [0.717, 1.165) is 25.0 Å². The van der Waals surface area contributed by atoms with E-state index in [1.54, 1.807) is 6.07 Å². The van der Waals surface area contributed by atoms with E-state index in [2.05, 4.69) is 15.2 Å². The number of H-pyrrole nitrogens is 1. The summed E-state index contributed by atoms with van der Waals surface area (Å²) in [5.74, 6) is -0.297. The SMILES string of the molecule is NC(=O)OC(c1nc2c(Cl)cc(F)cc2c(=O)n1-c1cc[nH]n1)C1CC1. The molecule has 8 nitrogen and oxygen atoms in total. The van der Waals surface area contributed by atoms with Gasteiger partial charge < -0.3 is 10.5 Å². The number of nitrogens with zero attached hydrogens (tertiary/aromatic N) is 3. The zero-order valence-corrected chi connectivity index (χ0v) is 14.0. The lowest BCUT2D eigenvalue weighted by Crippen LogP contribution is -2.29. The number of nitrogens with one attached hydrogen (secondary N) is 1. The molecule has 1 atom stereocenters. The van der Waals surface area contributed by atoms with Crippen molar-refractivity contribution in [3.8, 4) is 5.82 Å². The Labute approximate surface area is 150 Å². The molecule has 134 valence electrons. The van der Waals surface area contributed by atoms with E-state index in [1.165, 1.54) is 10.8 Å². The fourth-order valence-electron chi connectivity index (χ4n) is 2.90. The van der Waals surface area contributed by atoms with Gasteiger partial charge in [0.05, 0.1) is 15.9 Å². The number of amides is 1. The Morgan fingerprint density at radius 1 is 1.46 bits per heavy atom. The van der Waals surface area contributed by atoms with Crippen molar-refractivity contribution in [2.75, 3.05) is 0 Å². The fraction of sp³-hybridized carbons (Fsp3) is 0.250. The van der Waals surface area contributed by atoms with Crippen LogP contribution >= 0.6 is 11.6 Å². The Morgan fingerprint density at radius 2 is 2.23 bits per heavy atom. The van der Waals surface area contributed by atoms with Crippen molar-refractivity contribution in [2.24, 2.45) is 11.7 Å². The first kappa shape index (κ1) is 16.5. The predicted octanol–water partition coefficient (Wildman–Crippen LogP) is 2.45. The van der Waals surface area contributed by atoms with Gasteiger partial charge in [0.2, 0.25) is 0 Å². The molecule has 0 bridgehead atoms. The van der Waals surface area contributed by atoms with Crippen LogP contribution < -0.4 is 11.3 Å². The molecule has 4 rings (SSSR count). The number of carbonyl (C=O) groups excluding carboxylic acids is 1. The molecule has 1 amide bonds. The molecule has 0 radical (unpaired) electrons. The number of hydrogen-bond donors (Lipinski definition) is 2. The van der Waals surface area contributed by atoms with Crippen molar-refractivity contribution in [1.82, 2.24) is 19.7 Å². The van der Waals surface area contributed by atoms with Gasteiger partial charge >= 0.3 is 6.09 Å². The number of halogens is 2. The zero-order chi connectivity index (χ0) is 18.4. The maximum atomic E-state index is 13.8. The van der Waals surface area contributed by atoms with Crippen LogP contribution in [-0.4, -0.2) is 25.8 Å². The van der Waals surface area contributed by atoms with Gasteiger partial charge in [-0.05, 0) is 25.0 Å². The minimum absolute atomic E-state index is 0.00429. The van der Waals surface area contributed by atoms with E-state index >= 15 is 0 Å². The van der Waals surface area contributed by atoms with Gasteiger partial charge in [-0.3, -0.25) is 9.89 Å². The van der Waals surface area contributed by atoms with Crippen LogP contribution in [0.3, 0.4) is 0 Å². The van der Waals surface area contributed by atoms with Gasteiger partial charge in [0, 0.05) is 18.2 Å². The molecule has 0 aliphatic heterocycles. The lowest BCUT2D eigenvalue weighted by atomic mass is 10.1. The number of benzene rings is 1. The smallest absolute Gasteiger partial charge is 0.405 e. The average molecular weight is 378 g/mol. The molecule has 0 spiro atoms. The van der Waals surface area contributed by atoms with E-state index in [-0.39, 0.29) is 33.5 Å². The molecule has 1 aliphatic carbocycles. The quantitative estimate of drug-likeness (QED) is 0.724. The number of carbonyl (C=O) groups is 1. The lowest BCUT2D eigenvalue weighted by Gasteiger charge is -2.20. The largest absolute Gasteiger partial charge is 0.438 e. The highest BCUT2D eigenvalue weighted by molar-refractivity contribution is 6.35. The minimum Gasteiger partial charge on any atom is -0.438 e. The molecule has 1 unspecified atom stereocenters. The monoisotopic (exact) mass is 377 g/mol. The Morgan fingerprint density at radius 3 is 2.85 bits per heavy atom. The van der Waals surface area contributed by atoms with E-state index in [9.17, 15) is 14.0 Å². The molecule has 3 aromatic rings. The third kappa shape index (κ3) is 2.80. The van der Waals surface area contributed by atoms with Crippen LogP contribution in [0, 0.1) is 11.7 Å². The van der Waals surface area contributed by atoms with E-state index < -0.39 is 23.6 Å². The first-order valence-electron chi connectivity index (χ1n) is 7.83. The Balaban J connectivity index is 2.05. The molecule has 0 saturated heterocycles. The molecule has 1 aromatic carbocycles. The second kappa shape index (κ2) is 6.10. The van der Waals surface area contributed by atoms with Gasteiger partial charge in [-0.1, -0.05) is 11.6 Å². The van der Waals surface area contributed by atoms with Crippen LogP contribution in [0.15, 0.2) is 29.2 Å². The fourth-order valence-corrected chi connectivity index (χ4v) is 3.15. The van der Waals surface area contributed by atoms with Crippen LogP contribution in [0.2, 0.25) is 5.02 Å². The highest BCUT2D eigenvalue weighted by Crippen LogP contribution is 2.43. The third-order valence-electron chi connectivity index (χ3n) is 4.18. The van der Waals surface area contributed by atoms with Crippen LogP contribution in [0.1, 0.15) is 24.8 Å². The summed E-state index contributed by atoms with van der Waals surface area (Å²) >= 11 is 6.08. The predicted molar refractivity (Wildman–Crippen MR) is 90.6 cm³/mol. The minimum atomic E-state index is -0.977. The number of primary amides is 1. The molecule has 1 fully saturated rings. The van der Waals surface area contributed by atoms with E-state index in [1.807, 2.05) is 0 Å². The molecule has 3 N–H and O–H groups in total. The number of aromatic amines is 1. The summed E-state index contributed by atoms with van der Waals surface area (Å²) in [7, 11) is 0. The van der Waals surface area contributed by atoms with E-state index in [0.29, 0.717) is 0 Å². The summed E-state index contributed by atoms with van der Waals surface area (Å²) in [6, 6.07) is 3.68. The number of hydrogen-bond acceptors (Lipinski definition) is 5. The van der Waals surface area contributed by atoms with Gasteiger partial charge in [0.15, 0.2) is 17.7 Å². The molecule has 26 heavy (non-hydrogen) atoms. The third-order valence-corrected chi connectivity index (χ3v) is 4.47. The topological polar surface area (TPSA) is 116 Å². The van der Waals surface area contributed by atoms with Gasteiger partial charge in [-0.25, -0.2) is 18.7 Å². The van der Waals surface area contributed by atoms with Crippen molar-refractivity contribution in [3.05, 3.63) is 51.4 Å². The first-order chi connectivity index (χ1) is 12.5. The van der Waals surface area contributed by atoms with Crippen molar-refractivity contribution in [2.45, 2.75) is 18.9 Å². The molecule has 1 aliphatic rings. The molecule has 1 saturated carbocycles. The summed E-state index contributed by atoms with van der Waals surface area (Å²) in [5.41, 5.74) is 4.74. The molecule has 2 aromatic heterocycles. The number of fused-ring (bicyclic) bond motifs is 1. The molecular weight excluding hydrogens is 365 g/mol. The van der Waals surface area contributed by atoms with Crippen LogP contribution in [0.25, 0.3) is 16.7 Å². The Hall–Kier alpha value is -2.94. The summed E-state index contributed by atoms with van der Waals surface area (Å²) in [6.45, 7) is 0. The van der Waals surface area contributed by atoms with Gasteiger partial charge in [0.25, 0.3) is 5.56 Å². The van der Waals surface area contributed by atoms with Crippen LogP contribution in [-0.2, 0) is 4.74 Å². The Kier molecular flexibility index (Phi) is 3.87. The number of rotatable bonds is 4. The van der Waals surface area contributed by atoms with Crippen molar-refractivity contribution in [1.29, 1.82) is 0 Å². The highest BCUT2D eigenvalue weighted by atomic mass is 35.5. The average Bonchev–Trinajstić information content (AvgIpc) is 3.28. The first-order valence-corrected chi connectivity index (χ1v) is 8.21. The zero-order valence-electron chi connectivity index (χ0n) is 13.3. The number of aromatic nitrogens is 4. The summed E-state index contributed by atoms with van der Waals surface area (Å²) in [5, 5.41) is 6.59. The van der Waals surface area contributed by atoms with Crippen molar-refractivity contribution >= 4 is 28.6 Å². The summed E-state index contributed by atoms with van der Waals surface area (Å²) in [6.07, 6.45) is 1.31. The maximum Gasteiger partial charge on any atom is 0.405 e. The van der Waals surface area contributed by atoms with Gasteiger partial charge in [0.1, 0.15) is 5.82 Å². The van der Waals surface area contributed by atoms with Crippen molar-refractivity contribution < 1.29 is 13.9 Å². The second-order valence-corrected chi connectivity index (χ2v) is 6.43. The number of nitrogens with two attached hydrogens (primary N) is 1. The van der Waals surface area contributed by atoms with Gasteiger partial charge in [-0.15, -0.1) is 0 Å². The summed E-state index contributed by atoms with van der Waals surface area (Å²) in [4.78, 5) is 28.8. The number of ether oxygens (including phenoxy) is 1. The summed E-state index contributed by atoms with van der Waals surface area (Å²) < 4.78 is 20.2. The normalized spacial score (nSPS) is 15.2. The second-order valence-electron chi connectivity index (χ2n) is 6.02. The van der Waals surface area contributed by atoms with Crippen LogP contribution in [0.5, 0.6) is 0 Å². The standard InChI is InChI=1S/C16H13ClFN5O3/c17-10-6-8(18)5-9-12(10)21-14(13(7-1-2-7)26-16(19)25)23(15(9)24)11-3-4-20-22-11/h3-7,13H,1-2H2,(H2,19,25)(H,20,22). The lowest BCUT2D eigenvalue weighted by molar-refractivity contribution is 0.0865. The maximum absolute atomic E-state index is 13.8. The molecular formula is C16H13ClFN5O3. The molecule has 10 heteroatoms. The Bertz CT molecular complexity index is 1060. The van der Waals surface area contributed by atoms with Crippen molar-refractivity contribution in [3.63, 3.8) is 0 Å². The van der Waals surface area contributed by atoms with Gasteiger partial charge in [-0.2, -0.15) is 5.10 Å². The van der Waals surface area contributed by atoms with Crippen LogP contribution in [0.4, 0.5) is 9.18 Å². The molecule has 2 heterocycles.